The molecule has 0 fully saturated rings. The Kier molecular flexibility index (Phi) is 2.65. The van der Waals surface area contributed by atoms with Gasteiger partial charge in [0.1, 0.15) is 0 Å². The Bertz CT molecular complexity index is 1370. The summed E-state index contributed by atoms with van der Waals surface area (Å²) in [5.74, 6) is 0. The fourth-order valence-electron chi connectivity index (χ4n) is 3.54. The van der Waals surface area contributed by atoms with E-state index in [4.69, 9.17) is 0 Å². The van der Waals surface area contributed by atoms with Crippen molar-refractivity contribution in [3.05, 3.63) is 88.7 Å². The molecule has 2 aromatic carbocycles. The lowest BCUT2D eigenvalue weighted by Crippen LogP contribution is -2.31. The first kappa shape index (κ1) is 14.2. The van der Waals surface area contributed by atoms with Crippen LogP contribution in [0.4, 0.5) is 0 Å². The van der Waals surface area contributed by atoms with E-state index in [2.05, 4.69) is 0 Å². The van der Waals surface area contributed by atoms with Crippen LogP contribution in [0, 0.1) is 0 Å². The molecule has 118 valence electrons. The van der Waals surface area contributed by atoms with Gasteiger partial charge in [-0.25, -0.2) is 0 Å². The molecule has 5 heteroatoms. The van der Waals surface area contributed by atoms with E-state index < -0.39 is 21.7 Å². The number of benzene rings is 4. The zero-order valence-electron chi connectivity index (χ0n) is 12.7. The molecule has 0 N–H and O–H groups in total. The Morgan fingerprint density at radius 2 is 1.12 bits per heavy atom. The van der Waals surface area contributed by atoms with Gasteiger partial charge < -0.3 is 0 Å². The van der Waals surface area contributed by atoms with Gasteiger partial charge in [-0.1, -0.05) is 24.3 Å². The van der Waals surface area contributed by atoms with E-state index in [1.54, 1.807) is 12.1 Å². The molecule has 3 aromatic rings. The lowest BCUT2D eigenvalue weighted by molar-refractivity contribution is 1.50. The Labute approximate surface area is 143 Å². The molecule has 0 aliphatic heterocycles. The SMILES string of the molecule is O=c1c(=O)c2cc(-c3cccs3)cc3c2-c2c1cccc2c(=O)c3=O. The highest BCUT2D eigenvalue weighted by Gasteiger charge is 2.25. The van der Waals surface area contributed by atoms with Crippen molar-refractivity contribution in [3.8, 4) is 21.6 Å². The molecule has 0 amide bonds. The summed E-state index contributed by atoms with van der Waals surface area (Å²) >= 11 is 1.46. The van der Waals surface area contributed by atoms with Crippen LogP contribution in [0.15, 0.2) is 67.0 Å². The van der Waals surface area contributed by atoms with Crippen LogP contribution in [0.5, 0.6) is 0 Å². The van der Waals surface area contributed by atoms with Crippen LogP contribution in [0.3, 0.4) is 0 Å². The van der Waals surface area contributed by atoms with Crippen molar-refractivity contribution in [2.75, 3.05) is 0 Å². The van der Waals surface area contributed by atoms with Gasteiger partial charge in [0, 0.05) is 37.5 Å². The smallest absolute Gasteiger partial charge is 0.234 e. The van der Waals surface area contributed by atoms with E-state index in [9.17, 15) is 19.2 Å². The van der Waals surface area contributed by atoms with Gasteiger partial charge in [-0.3, -0.25) is 19.2 Å². The van der Waals surface area contributed by atoms with E-state index in [0.29, 0.717) is 16.7 Å². The monoisotopic (exact) mass is 344 g/mol. The summed E-state index contributed by atoms with van der Waals surface area (Å²) in [7, 11) is 0. The highest BCUT2D eigenvalue weighted by molar-refractivity contribution is 7.13. The van der Waals surface area contributed by atoms with E-state index >= 15 is 0 Å². The molecule has 2 aliphatic carbocycles. The first-order valence-electron chi connectivity index (χ1n) is 7.61. The van der Waals surface area contributed by atoms with Crippen LogP contribution in [-0.4, -0.2) is 0 Å². The summed E-state index contributed by atoms with van der Waals surface area (Å²) in [5.41, 5.74) is -1.06. The number of thiophene rings is 1. The number of rotatable bonds is 1. The van der Waals surface area contributed by atoms with Gasteiger partial charge in [-0.15, -0.1) is 11.3 Å². The molecule has 0 saturated carbocycles. The van der Waals surface area contributed by atoms with Crippen LogP contribution >= 0.6 is 11.3 Å². The van der Waals surface area contributed by atoms with Crippen LogP contribution in [0.2, 0.25) is 0 Å². The molecule has 1 aromatic heterocycles. The van der Waals surface area contributed by atoms with Gasteiger partial charge in [0.2, 0.25) is 21.7 Å². The third-order valence-electron chi connectivity index (χ3n) is 4.65. The number of hydrogen-bond acceptors (Lipinski definition) is 5. The van der Waals surface area contributed by atoms with Crippen molar-refractivity contribution < 1.29 is 0 Å². The van der Waals surface area contributed by atoms with Gasteiger partial charge >= 0.3 is 0 Å². The molecule has 0 unspecified atom stereocenters. The van der Waals surface area contributed by atoms with Gasteiger partial charge in [-0.2, -0.15) is 0 Å². The summed E-state index contributed by atoms with van der Waals surface area (Å²) < 4.78 is 0. The highest BCUT2D eigenvalue weighted by Crippen LogP contribution is 2.37. The Balaban J connectivity index is 2.18. The Hall–Kier alpha value is -3.18. The molecule has 0 atom stereocenters. The zero-order valence-corrected chi connectivity index (χ0v) is 13.5. The third-order valence-corrected chi connectivity index (χ3v) is 5.57. The Morgan fingerprint density at radius 3 is 1.64 bits per heavy atom. The highest BCUT2D eigenvalue weighted by atomic mass is 32.1. The maximum Gasteiger partial charge on any atom is 0.234 e. The first-order chi connectivity index (χ1) is 12.1. The third kappa shape index (κ3) is 1.70. The maximum atomic E-state index is 12.6. The topological polar surface area (TPSA) is 68.3 Å². The van der Waals surface area contributed by atoms with Crippen LogP contribution in [0.1, 0.15) is 0 Å². The van der Waals surface area contributed by atoms with Crippen molar-refractivity contribution >= 4 is 32.9 Å². The van der Waals surface area contributed by atoms with Gasteiger partial charge in [0.05, 0.1) is 0 Å². The van der Waals surface area contributed by atoms with E-state index in [1.165, 1.54) is 29.5 Å². The minimum absolute atomic E-state index is 0.195. The molecule has 1 heterocycles. The fraction of sp³-hybridized carbons (Fsp3) is 0. The zero-order chi connectivity index (χ0) is 17.3. The summed E-state index contributed by atoms with van der Waals surface area (Å²) in [6.07, 6.45) is 0. The van der Waals surface area contributed by atoms with E-state index in [1.807, 2.05) is 17.5 Å². The lowest BCUT2D eigenvalue weighted by Gasteiger charge is -2.15. The van der Waals surface area contributed by atoms with Crippen LogP contribution < -0.4 is 21.7 Å². The van der Waals surface area contributed by atoms with Gasteiger partial charge in [0.15, 0.2) is 0 Å². The summed E-state index contributed by atoms with van der Waals surface area (Å²) in [6.45, 7) is 0. The van der Waals surface area contributed by atoms with Gasteiger partial charge in [-0.05, 0) is 29.1 Å². The van der Waals surface area contributed by atoms with Crippen LogP contribution in [-0.2, 0) is 0 Å². The largest absolute Gasteiger partial charge is 0.285 e. The molecular weight excluding hydrogens is 336 g/mol. The average Bonchev–Trinajstić information content (AvgIpc) is 3.17. The molecule has 0 bridgehead atoms. The summed E-state index contributed by atoms with van der Waals surface area (Å²) in [5, 5.41) is 2.67. The van der Waals surface area contributed by atoms with Crippen molar-refractivity contribution in [1.82, 2.24) is 0 Å². The second-order valence-corrected chi connectivity index (χ2v) is 6.92. The maximum absolute atomic E-state index is 12.6. The molecule has 4 nitrogen and oxygen atoms in total. The normalized spacial score (nSPS) is 11.8. The Morgan fingerprint density at radius 1 is 0.600 bits per heavy atom. The van der Waals surface area contributed by atoms with Crippen molar-refractivity contribution in [2.24, 2.45) is 0 Å². The molecular formula is C20H8O4S. The lowest BCUT2D eigenvalue weighted by atomic mass is 9.86. The van der Waals surface area contributed by atoms with Gasteiger partial charge in [0.25, 0.3) is 0 Å². The second kappa shape index (κ2) is 4.68. The minimum atomic E-state index is -0.638. The average molecular weight is 344 g/mol. The van der Waals surface area contributed by atoms with Crippen LogP contribution in [0.25, 0.3) is 43.1 Å². The summed E-state index contributed by atoms with van der Waals surface area (Å²) in [6, 6.07) is 11.6. The molecule has 25 heavy (non-hydrogen) atoms. The van der Waals surface area contributed by atoms with Crippen molar-refractivity contribution in [3.63, 3.8) is 0 Å². The second-order valence-electron chi connectivity index (χ2n) is 5.97. The van der Waals surface area contributed by atoms with Crippen molar-refractivity contribution in [2.45, 2.75) is 0 Å². The number of hydrogen-bond donors (Lipinski definition) is 0. The predicted molar refractivity (Wildman–Crippen MR) is 100 cm³/mol. The quantitative estimate of drug-likeness (QED) is 0.346. The molecule has 5 rings (SSSR count). The molecule has 0 saturated heterocycles. The predicted octanol–water partition coefficient (Wildman–Crippen LogP) is 2.58. The van der Waals surface area contributed by atoms with Crippen molar-refractivity contribution in [1.29, 1.82) is 0 Å². The molecule has 0 spiro atoms. The first-order valence-corrected chi connectivity index (χ1v) is 8.49. The van der Waals surface area contributed by atoms with E-state index in [-0.39, 0.29) is 21.5 Å². The molecule has 0 radical (unpaired) electrons. The standard InChI is InChI=1S/C20H8O4S/c21-17-10-3-1-4-11-15(10)16-12(19(17)23)7-9(14-5-2-6-25-14)8-13(16)20(24)18(11)22/h1-8H. The molecule has 2 aliphatic rings. The minimum Gasteiger partial charge on any atom is -0.285 e. The summed E-state index contributed by atoms with van der Waals surface area (Å²) in [4.78, 5) is 51.2. The fourth-order valence-corrected chi connectivity index (χ4v) is 4.26. The van der Waals surface area contributed by atoms with E-state index in [0.717, 1.165) is 4.88 Å².